The number of rotatable bonds is 7. The van der Waals surface area contributed by atoms with Crippen LogP contribution in [-0.4, -0.2) is 31.5 Å². The molecule has 3 aromatic heterocycles. The standard InChI is InChI=1S/C21H20N8/c22-13-21(7-8-21)17-11-15(6-10-24-17)26-20-28-18(16-3-1-2-9-23-16)27-19(29-20)25-12-14-4-5-14/h1-3,6,9-11,14H,4-5,7-8,12H2,(H2,24,25,26,27,28,29). The second kappa shape index (κ2) is 7.09. The second-order valence-corrected chi connectivity index (χ2v) is 7.59. The molecule has 5 rings (SSSR count). The highest BCUT2D eigenvalue weighted by Crippen LogP contribution is 2.47. The van der Waals surface area contributed by atoms with Crippen molar-refractivity contribution in [3.63, 3.8) is 0 Å². The van der Waals surface area contributed by atoms with Crippen LogP contribution in [0.25, 0.3) is 11.5 Å². The van der Waals surface area contributed by atoms with Crippen molar-refractivity contribution in [3.05, 3.63) is 48.4 Å². The molecule has 144 valence electrons. The van der Waals surface area contributed by atoms with Crippen LogP contribution >= 0.6 is 0 Å². The van der Waals surface area contributed by atoms with Gasteiger partial charge in [0.2, 0.25) is 11.9 Å². The van der Waals surface area contributed by atoms with E-state index in [1.165, 1.54) is 12.8 Å². The summed E-state index contributed by atoms with van der Waals surface area (Å²) >= 11 is 0. The number of aromatic nitrogens is 5. The molecular weight excluding hydrogens is 364 g/mol. The van der Waals surface area contributed by atoms with Crippen molar-refractivity contribution in [2.24, 2.45) is 5.92 Å². The lowest BCUT2D eigenvalue weighted by Crippen LogP contribution is -2.11. The van der Waals surface area contributed by atoms with Gasteiger partial charge in [-0.2, -0.15) is 20.2 Å². The molecule has 2 aliphatic rings. The summed E-state index contributed by atoms with van der Waals surface area (Å²) in [4.78, 5) is 22.3. The third-order valence-electron chi connectivity index (χ3n) is 5.25. The van der Waals surface area contributed by atoms with Crippen LogP contribution in [0.4, 0.5) is 17.6 Å². The van der Waals surface area contributed by atoms with E-state index in [1.807, 2.05) is 30.3 Å². The first kappa shape index (κ1) is 17.5. The fourth-order valence-corrected chi connectivity index (χ4v) is 3.13. The highest BCUT2D eigenvalue weighted by atomic mass is 15.2. The van der Waals surface area contributed by atoms with Gasteiger partial charge in [0.1, 0.15) is 5.69 Å². The molecular formula is C21H20N8. The molecule has 3 heterocycles. The van der Waals surface area contributed by atoms with Gasteiger partial charge < -0.3 is 10.6 Å². The van der Waals surface area contributed by atoms with Gasteiger partial charge in [-0.05, 0) is 55.9 Å². The predicted octanol–water partition coefficient (Wildman–Crippen LogP) is 3.45. The Morgan fingerprint density at radius 3 is 2.62 bits per heavy atom. The lowest BCUT2D eigenvalue weighted by molar-refractivity contribution is 0.854. The van der Waals surface area contributed by atoms with Crippen molar-refractivity contribution in [2.75, 3.05) is 17.2 Å². The Labute approximate surface area is 168 Å². The minimum Gasteiger partial charge on any atom is -0.354 e. The van der Waals surface area contributed by atoms with Gasteiger partial charge >= 0.3 is 0 Å². The quantitative estimate of drug-likeness (QED) is 0.637. The Bertz CT molecular complexity index is 1070. The summed E-state index contributed by atoms with van der Waals surface area (Å²) < 4.78 is 0. The number of nitriles is 1. The average molecular weight is 384 g/mol. The Hall–Kier alpha value is -3.60. The molecule has 0 aliphatic heterocycles. The third kappa shape index (κ3) is 3.85. The van der Waals surface area contributed by atoms with E-state index in [-0.39, 0.29) is 0 Å². The number of anilines is 3. The summed E-state index contributed by atoms with van der Waals surface area (Å²) in [5.74, 6) is 2.16. The first-order valence-electron chi connectivity index (χ1n) is 9.80. The predicted molar refractivity (Wildman–Crippen MR) is 108 cm³/mol. The first-order valence-corrected chi connectivity index (χ1v) is 9.80. The molecule has 8 nitrogen and oxygen atoms in total. The van der Waals surface area contributed by atoms with E-state index in [0.717, 1.165) is 30.8 Å². The fraction of sp³-hybridized carbons (Fsp3) is 0.333. The van der Waals surface area contributed by atoms with E-state index >= 15 is 0 Å². The minimum atomic E-state index is -0.438. The minimum absolute atomic E-state index is 0.429. The maximum atomic E-state index is 9.44. The van der Waals surface area contributed by atoms with Gasteiger partial charge in [0.25, 0.3) is 0 Å². The van der Waals surface area contributed by atoms with Gasteiger partial charge in [-0.15, -0.1) is 0 Å². The fourth-order valence-electron chi connectivity index (χ4n) is 3.13. The molecule has 0 unspecified atom stereocenters. The van der Waals surface area contributed by atoms with Crippen LogP contribution in [0.3, 0.4) is 0 Å². The largest absolute Gasteiger partial charge is 0.354 e. The molecule has 0 bridgehead atoms. The Morgan fingerprint density at radius 1 is 1.03 bits per heavy atom. The summed E-state index contributed by atoms with van der Waals surface area (Å²) in [5.41, 5.74) is 1.83. The zero-order chi connectivity index (χ0) is 19.7. The molecule has 2 saturated carbocycles. The van der Waals surface area contributed by atoms with Gasteiger partial charge in [0, 0.05) is 24.6 Å². The summed E-state index contributed by atoms with van der Waals surface area (Å²) in [5, 5.41) is 16.0. The average Bonchev–Trinajstić information content (AvgIpc) is 3.68. The molecule has 2 aliphatic carbocycles. The lowest BCUT2D eigenvalue weighted by Gasteiger charge is -2.11. The van der Waals surface area contributed by atoms with Crippen LogP contribution < -0.4 is 10.6 Å². The van der Waals surface area contributed by atoms with E-state index in [9.17, 15) is 5.26 Å². The zero-order valence-electron chi connectivity index (χ0n) is 15.8. The first-order chi connectivity index (χ1) is 14.2. The van der Waals surface area contributed by atoms with Crippen molar-refractivity contribution >= 4 is 17.6 Å². The van der Waals surface area contributed by atoms with E-state index in [4.69, 9.17) is 0 Å². The van der Waals surface area contributed by atoms with Crippen LogP contribution in [0.5, 0.6) is 0 Å². The summed E-state index contributed by atoms with van der Waals surface area (Å²) in [6.07, 6.45) is 7.63. The maximum absolute atomic E-state index is 9.44. The molecule has 29 heavy (non-hydrogen) atoms. The van der Waals surface area contributed by atoms with Crippen molar-refractivity contribution < 1.29 is 0 Å². The van der Waals surface area contributed by atoms with Gasteiger partial charge in [0.15, 0.2) is 5.82 Å². The SMILES string of the molecule is N#CC1(c2cc(Nc3nc(NCC4CC4)nc(-c4ccccn4)n3)ccn2)CC1. The smallest absolute Gasteiger partial charge is 0.232 e. The van der Waals surface area contributed by atoms with Crippen LogP contribution in [0.2, 0.25) is 0 Å². The molecule has 2 N–H and O–H groups in total. The van der Waals surface area contributed by atoms with E-state index in [2.05, 4.69) is 41.6 Å². The van der Waals surface area contributed by atoms with Crippen LogP contribution in [-0.2, 0) is 5.41 Å². The highest BCUT2D eigenvalue weighted by molar-refractivity contribution is 5.59. The monoisotopic (exact) mass is 384 g/mol. The molecule has 0 amide bonds. The van der Waals surface area contributed by atoms with E-state index < -0.39 is 5.41 Å². The summed E-state index contributed by atoms with van der Waals surface area (Å²) in [7, 11) is 0. The van der Waals surface area contributed by atoms with Crippen LogP contribution in [0, 0.1) is 17.2 Å². The normalized spacial score (nSPS) is 16.7. The molecule has 3 aromatic rings. The van der Waals surface area contributed by atoms with Crippen molar-refractivity contribution in [1.82, 2.24) is 24.9 Å². The van der Waals surface area contributed by atoms with Gasteiger partial charge in [-0.1, -0.05) is 6.07 Å². The van der Waals surface area contributed by atoms with Crippen LogP contribution in [0.1, 0.15) is 31.4 Å². The summed E-state index contributed by atoms with van der Waals surface area (Å²) in [6, 6.07) is 11.8. The molecule has 2 fully saturated rings. The van der Waals surface area contributed by atoms with Gasteiger partial charge in [0.05, 0.1) is 17.2 Å². The number of hydrogen-bond donors (Lipinski definition) is 2. The van der Waals surface area contributed by atoms with Gasteiger partial charge in [-0.25, -0.2) is 0 Å². The maximum Gasteiger partial charge on any atom is 0.232 e. The summed E-state index contributed by atoms with van der Waals surface area (Å²) in [6.45, 7) is 0.856. The number of nitrogens with one attached hydrogen (secondary N) is 2. The number of hydrogen-bond acceptors (Lipinski definition) is 8. The van der Waals surface area contributed by atoms with Crippen molar-refractivity contribution in [1.29, 1.82) is 5.26 Å². The van der Waals surface area contributed by atoms with E-state index in [1.54, 1.807) is 12.4 Å². The van der Waals surface area contributed by atoms with Crippen molar-refractivity contribution in [2.45, 2.75) is 31.1 Å². The molecule has 0 atom stereocenters. The zero-order valence-corrected chi connectivity index (χ0v) is 15.8. The Balaban J connectivity index is 1.45. The molecule has 0 radical (unpaired) electrons. The topological polar surface area (TPSA) is 112 Å². The van der Waals surface area contributed by atoms with Crippen molar-refractivity contribution in [3.8, 4) is 17.6 Å². The second-order valence-electron chi connectivity index (χ2n) is 7.59. The Morgan fingerprint density at radius 2 is 1.90 bits per heavy atom. The third-order valence-corrected chi connectivity index (χ3v) is 5.25. The van der Waals surface area contributed by atoms with Crippen LogP contribution in [0.15, 0.2) is 42.7 Å². The number of nitrogens with zero attached hydrogens (tertiary/aromatic N) is 6. The molecule has 0 saturated heterocycles. The Kier molecular flexibility index (Phi) is 4.28. The van der Waals surface area contributed by atoms with Gasteiger partial charge in [-0.3, -0.25) is 9.97 Å². The highest BCUT2D eigenvalue weighted by Gasteiger charge is 2.46. The molecule has 8 heteroatoms. The number of pyridine rings is 2. The molecule has 0 spiro atoms. The lowest BCUT2D eigenvalue weighted by atomic mass is 10.0. The molecule has 0 aromatic carbocycles. The van der Waals surface area contributed by atoms with E-state index in [0.29, 0.717) is 29.3 Å².